The van der Waals surface area contributed by atoms with Gasteiger partial charge in [0.25, 0.3) is 0 Å². The van der Waals surface area contributed by atoms with Gasteiger partial charge < -0.3 is 5.11 Å². The van der Waals surface area contributed by atoms with E-state index in [1.54, 1.807) is 13.0 Å². The number of hydrogen-bond acceptors (Lipinski definition) is 3. The molecule has 1 N–H and O–H groups in total. The van der Waals surface area contributed by atoms with E-state index in [-0.39, 0.29) is 11.5 Å². The van der Waals surface area contributed by atoms with Crippen molar-refractivity contribution in [3.05, 3.63) is 34.3 Å². The monoisotopic (exact) mass is 290 g/mol. The van der Waals surface area contributed by atoms with Gasteiger partial charge in [-0.2, -0.15) is 0 Å². The van der Waals surface area contributed by atoms with E-state index in [2.05, 4.69) is 0 Å². The molecule has 0 heterocycles. The molecule has 1 aromatic rings. The lowest BCUT2D eigenvalue weighted by atomic mass is 10.0. The Balaban J connectivity index is 2.55. The second-order valence-corrected chi connectivity index (χ2v) is 7.28. The molecule has 0 spiro atoms. The first kappa shape index (κ1) is 15.5. The molecule has 3 nitrogen and oxygen atoms in total. The van der Waals surface area contributed by atoms with Gasteiger partial charge in [0.2, 0.25) is 0 Å². The van der Waals surface area contributed by atoms with E-state index in [4.69, 9.17) is 11.6 Å². The molecule has 1 rings (SSSR count). The third kappa shape index (κ3) is 4.59. The molecule has 102 valence electrons. The minimum absolute atomic E-state index is 0.125. The molecule has 1 aromatic carbocycles. The Kier molecular flexibility index (Phi) is 5.63. The van der Waals surface area contributed by atoms with E-state index >= 15 is 0 Å². The van der Waals surface area contributed by atoms with E-state index in [0.29, 0.717) is 17.9 Å². The summed E-state index contributed by atoms with van der Waals surface area (Å²) in [6, 6.07) is 5.40. The smallest absolute Gasteiger partial charge is 0.150 e. The fraction of sp³-hybridized carbons (Fsp3) is 0.538. The maximum Gasteiger partial charge on any atom is 0.150 e. The first-order chi connectivity index (χ1) is 8.35. The largest absolute Gasteiger partial charge is 0.388 e. The van der Waals surface area contributed by atoms with Crippen molar-refractivity contribution < 1.29 is 13.5 Å². The number of aryl methyl sites for hydroxylation is 1. The van der Waals surface area contributed by atoms with Crippen molar-refractivity contribution in [2.24, 2.45) is 0 Å². The third-order valence-electron chi connectivity index (χ3n) is 2.95. The first-order valence-electron chi connectivity index (χ1n) is 6.00. The van der Waals surface area contributed by atoms with Gasteiger partial charge in [0, 0.05) is 10.8 Å². The topological polar surface area (TPSA) is 54.4 Å². The number of hydrogen-bond donors (Lipinski definition) is 1. The van der Waals surface area contributed by atoms with Crippen LogP contribution in [0.15, 0.2) is 18.2 Å². The predicted molar refractivity (Wildman–Crippen MR) is 74.7 cm³/mol. The molecular formula is C13H19ClO3S. The molecule has 1 atom stereocenters. The highest BCUT2D eigenvalue weighted by atomic mass is 35.5. The van der Waals surface area contributed by atoms with Crippen LogP contribution in [0.1, 0.15) is 37.0 Å². The average molecular weight is 291 g/mol. The molecule has 0 saturated heterocycles. The fourth-order valence-electron chi connectivity index (χ4n) is 1.62. The normalized spacial score (nSPS) is 13.6. The Hall–Kier alpha value is -0.580. The number of aliphatic hydroxyl groups excluding tert-OH is 1. The predicted octanol–water partition coefficient (Wildman–Crippen LogP) is 2.90. The summed E-state index contributed by atoms with van der Waals surface area (Å²) in [5.41, 5.74) is 1.70. The van der Waals surface area contributed by atoms with Crippen molar-refractivity contribution in [1.29, 1.82) is 0 Å². The summed E-state index contributed by atoms with van der Waals surface area (Å²) < 4.78 is 22.6. The van der Waals surface area contributed by atoms with Crippen molar-refractivity contribution in [3.8, 4) is 0 Å². The molecule has 0 amide bonds. The summed E-state index contributed by atoms with van der Waals surface area (Å²) in [5.74, 6) is 0.277. The van der Waals surface area contributed by atoms with E-state index < -0.39 is 15.9 Å². The van der Waals surface area contributed by atoms with E-state index in [0.717, 1.165) is 11.1 Å². The molecule has 0 fully saturated rings. The van der Waals surface area contributed by atoms with Crippen LogP contribution in [0, 0.1) is 6.92 Å². The van der Waals surface area contributed by atoms with Gasteiger partial charge in [-0.15, -0.1) is 0 Å². The van der Waals surface area contributed by atoms with Gasteiger partial charge in [0.05, 0.1) is 11.9 Å². The highest BCUT2D eigenvalue weighted by Gasteiger charge is 2.12. The molecular weight excluding hydrogens is 272 g/mol. The van der Waals surface area contributed by atoms with Crippen molar-refractivity contribution in [2.75, 3.05) is 11.5 Å². The lowest BCUT2D eigenvalue weighted by Gasteiger charge is -2.12. The van der Waals surface area contributed by atoms with Gasteiger partial charge in [0.15, 0.2) is 0 Å². The summed E-state index contributed by atoms with van der Waals surface area (Å²) in [4.78, 5) is 0. The summed E-state index contributed by atoms with van der Waals surface area (Å²) >= 11 is 5.98. The van der Waals surface area contributed by atoms with E-state index in [9.17, 15) is 13.5 Å². The lowest BCUT2D eigenvalue weighted by Crippen LogP contribution is -2.10. The van der Waals surface area contributed by atoms with Crippen LogP contribution in [0.4, 0.5) is 0 Å². The summed E-state index contributed by atoms with van der Waals surface area (Å²) in [7, 11) is -2.95. The van der Waals surface area contributed by atoms with Crippen molar-refractivity contribution in [3.63, 3.8) is 0 Å². The number of benzene rings is 1. The van der Waals surface area contributed by atoms with Crippen LogP contribution < -0.4 is 0 Å². The van der Waals surface area contributed by atoms with Crippen molar-refractivity contribution >= 4 is 21.4 Å². The second-order valence-electron chi connectivity index (χ2n) is 4.40. The number of halogens is 1. The Labute approximate surface area is 114 Å². The lowest BCUT2D eigenvalue weighted by molar-refractivity contribution is 0.166. The van der Waals surface area contributed by atoms with Crippen LogP contribution in [-0.2, 0) is 9.84 Å². The maximum absolute atomic E-state index is 11.3. The van der Waals surface area contributed by atoms with Gasteiger partial charge >= 0.3 is 0 Å². The van der Waals surface area contributed by atoms with E-state index in [1.165, 1.54) is 0 Å². The molecule has 5 heteroatoms. The minimum atomic E-state index is -2.95. The van der Waals surface area contributed by atoms with Crippen LogP contribution >= 0.6 is 11.6 Å². The maximum atomic E-state index is 11.3. The van der Waals surface area contributed by atoms with Crippen molar-refractivity contribution in [2.45, 2.75) is 32.8 Å². The number of sulfone groups is 1. The Bertz CT molecular complexity index is 497. The fourth-order valence-corrected chi connectivity index (χ4v) is 2.71. The standard InChI is InChI=1S/C13H19ClO3S/c1-3-18(16,17)8-4-5-13(15)11-7-6-10(2)12(14)9-11/h6-7,9,13,15H,3-5,8H2,1-2H3. The quantitative estimate of drug-likeness (QED) is 0.876. The van der Waals surface area contributed by atoms with Crippen LogP contribution in [0.2, 0.25) is 5.02 Å². The van der Waals surface area contributed by atoms with Gasteiger partial charge in [0.1, 0.15) is 9.84 Å². The minimum Gasteiger partial charge on any atom is -0.388 e. The zero-order valence-corrected chi connectivity index (χ0v) is 12.3. The summed E-state index contributed by atoms with van der Waals surface area (Å²) in [6.45, 7) is 3.53. The number of aliphatic hydroxyl groups is 1. The average Bonchev–Trinajstić information content (AvgIpc) is 2.32. The molecule has 0 aliphatic carbocycles. The molecule has 0 aliphatic heterocycles. The molecule has 0 bridgehead atoms. The molecule has 0 aliphatic rings. The van der Waals surface area contributed by atoms with Crippen LogP contribution in [0.25, 0.3) is 0 Å². The first-order valence-corrected chi connectivity index (χ1v) is 8.20. The van der Waals surface area contributed by atoms with E-state index in [1.807, 2.05) is 19.1 Å². The second kappa shape index (κ2) is 6.55. The molecule has 1 unspecified atom stereocenters. The highest BCUT2D eigenvalue weighted by molar-refractivity contribution is 7.91. The van der Waals surface area contributed by atoms with Gasteiger partial charge in [-0.1, -0.05) is 30.7 Å². The highest BCUT2D eigenvalue weighted by Crippen LogP contribution is 2.24. The SMILES string of the molecule is CCS(=O)(=O)CCCC(O)c1ccc(C)c(Cl)c1. The Morgan fingerprint density at radius 3 is 2.61 bits per heavy atom. The Morgan fingerprint density at radius 1 is 1.39 bits per heavy atom. The van der Waals surface area contributed by atoms with Crippen molar-refractivity contribution in [1.82, 2.24) is 0 Å². The zero-order chi connectivity index (χ0) is 13.8. The van der Waals surface area contributed by atoms with Crippen LogP contribution in [0.5, 0.6) is 0 Å². The van der Waals surface area contributed by atoms with Gasteiger partial charge in [-0.25, -0.2) is 8.42 Å². The van der Waals surface area contributed by atoms with Crippen LogP contribution in [-0.4, -0.2) is 25.0 Å². The summed E-state index contributed by atoms with van der Waals surface area (Å²) in [6.07, 6.45) is 0.233. The van der Waals surface area contributed by atoms with Gasteiger partial charge in [-0.3, -0.25) is 0 Å². The molecule has 0 radical (unpaired) electrons. The Morgan fingerprint density at radius 2 is 2.06 bits per heavy atom. The number of rotatable bonds is 6. The molecule has 18 heavy (non-hydrogen) atoms. The molecule has 0 aromatic heterocycles. The third-order valence-corrected chi connectivity index (χ3v) is 5.15. The molecule has 0 saturated carbocycles. The van der Waals surface area contributed by atoms with Crippen LogP contribution in [0.3, 0.4) is 0 Å². The van der Waals surface area contributed by atoms with Gasteiger partial charge in [-0.05, 0) is 37.0 Å². The zero-order valence-electron chi connectivity index (χ0n) is 10.7. The summed E-state index contributed by atoms with van der Waals surface area (Å²) in [5, 5.41) is 10.6.